The number of rotatable bonds is 6. The maximum atomic E-state index is 12.4. The summed E-state index contributed by atoms with van der Waals surface area (Å²) in [5.74, 6) is 2.72. The number of nitrogens with one attached hydrogen (secondary N) is 1. The van der Waals surface area contributed by atoms with Crippen LogP contribution in [0, 0.1) is 13.8 Å². The topological polar surface area (TPSA) is 69.0 Å². The fraction of sp³-hybridized carbons (Fsp3) is 0.375. The molecule has 1 aliphatic heterocycles. The second kappa shape index (κ2) is 9.11. The van der Waals surface area contributed by atoms with E-state index in [0.717, 1.165) is 59.2 Å². The summed E-state index contributed by atoms with van der Waals surface area (Å²) in [4.78, 5) is 12.4. The Morgan fingerprint density at radius 3 is 2.70 bits per heavy atom. The first kappa shape index (κ1) is 20.1. The van der Waals surface area contributed by atoms with Gasteiger partial charge in [-0.05, 0) is 49.9 Å². The zero-order valence-corrected chi connectivity index (χ0v) is 17.6. The van der Waals surface area contributed by atoms with Crippen molar-refractivity contribution in [3.05, 3.63) is 59.4 Å². The number of amides is 1. The van der Waals surface area contributed by atoms with E-state index in [9.17, 15) is 4.79 Å². The van der Waals surface area contributed by atoms with Gasteiger partial charge in [-0.25, -0.2) is 0 Å². The molecular weight excluding hydrogens is 376 g/mol. The Kier molecular flexibility index (Phi) is 6.12. The number of aromatic nitrogens is 3. The molecule has 156 valence electrons. The molecule has 0 fully saturated rings. The molecule has 6 nitrogen and oxygen atoms in total. The number of nitrogens with zero attached hydrogens (tertiary/aromatic N) is 3. The van der Waals surface area contributed by atoms with E-state index in [-0.39, 0.29) is 5.91 Å². The molecule has 1 amide bonds. The fourth-order valence-electron chi connectivity index (χ4n) is 3.93. The van der Waals surface area contributed by atoms with Gasteiger partial charge in [-0.15, -0.1) is 10.2 Å². The molecule has 0 saturated heterocycles. The van der Waals surface area contributed by atoms with E-state index in [1.54, 1.807) is 0 Å². The molecular formula is C24H28N4O2. The molecule has 2 aromatic carbocycles. The third kappa shape index (κ3) is 4.53. The summed E-state index contributed by atoms with van der Waals surface area (Å²) in [6.45, 7) is 5.32. The quantitative estimate of drug-likeness (QED) is 0.647. The number of fused-ring (bicyclic) bond motifs is 1. The number of anilines is 1. The van der Waals surface area contributed by atoms with Gasteiger partial charge in [0.2, 0.25) is 5.91 Å². The van der Waals surface area contributed by atoms with Crippen molar-refractivity contribution in [3.8, 4) is 17.1 Å². The molecule has 0 bridgehead atoms. The monoisotopic (exact) mass is 404 g/mol. The lowest BCUT2D eigenvalue weighted by Crippen LogP contribution is -2.15. The third-order valence-electron chi connectivity index (χ3n) is 5.50. The molecule has 0 atom stereocenters. The zero-order chi connectivity index (χ0) is 20.9. The van der Waals surface area contributed by atoms with Crippen molar-refractivity contribution in [1.29, 1.82) is 0 Å². The van der Waals surface area contributed by atoms with Crippen molar-refractivity contribution >= 4 is 11.6 Å². The summed E-state index contributed by atoms with van der Waals surface area (Å²) in [5, 5.41) is 11.8. The lowest BCUT2D eigenvalue weighted by molar-refractivity contribution is -0.116. The van der Waals surface area contributed by atoms with Gasteiger partial charge in [0.15, 0.2) is 5.82 Å². The van der Waals surface area contributed by atoms with Crippen LogP contribution in [-0.4, -0.2) is 27.3 Å². The van der Waals surface area contributed by atoms with Crippen molar-refractivity contribution < 1.29 is 9.53 Å². The average molecular weight is 405 g/mol. The lowest BCUT2D eigenvalue weighted by Gasteiger charge is -2.12. The second-order valence-electron chi connectivity index (χ2n) is 7.85. The van der Waals surface area contributed by atoms with Crippen LogP contribution in [0.2, 0.25) is 0 Å². The molecule has 0 spiro atoms. The molecule has 0 aliphatic carbocycles. The Morgan fingerprint density at radius 1 is 1.07 bits per heavy atom. The first-order chi connectivity index (χ1) is 14.6. The Hall–Kier alpha value is -3.15. The van der Waals surface area contributed by atoms with Crippen LogP contribution in [0.1, 0.15) is 42.6 Å². The van der Waals surface area contributed by atoms with E-state index in [0.29, 0.717) is 13.0 Å². The normalized spacial score (nSPS) is 13.4. The highest BCUT2D eigenvalue weighted by atomic mass is 16.5. The van der Waals surface area contributed by atoms with Crippen molar-refractivity contribution in [3.63, 3.8) is 0 Å². The SMILES string of the molecule is Cc1cccc(C)c1OCCC(=O)Nc1cccc(-c2nnc3n2CCCCC3)c1. The van der Waals surface area contributed by atoms with Crippen LogP contribution in [-0.2, 0) is 17.8 Å². The second-order valence-corrected chi connectivity index (χ2v) is 7.85. The van der Waals surface area contributed by atoms with E-state index in [2.05, 4.69) is 20.1 Å². The van der Waals surface area contributed by atoms with Crippen molar-refractivity contribution in [2.24, 2.45) is 0 Å². The van der Waals surface area contributed by atoms with Crippen molar-refractivity contribution in [2.45, 2.75) is 52.5 Å². The highest BCUT2D eigenvalue weighted by molar-refractivity contribution is 5.91. The predicted molar refractivity (Wildman–Crippen MR) is 118 cm³/mol. The van der Waals surface area contributed by atoms with E-state index in [1.165, 1.54) is 12.8 Å². The van der Waals surface area contributed by atoms with Gasteiger partial charge in [-0.3, -0.25) is 4.79 Å². The van der Waals surface area contributed by atoms with Crippen LogP contribution in [0.3, 0.4) is 0 Å². The standard InChI is InChI=1S/C24H28N4O2/c1-17-8-6-9-18(2)23(17)30-15-13-22(29)25-20-11-7-10-19(16-20)24-27-26-21-12-4-3-5-14-28(21)24/h6-11,16H,3-5,12-15H2,1-2H3,(H,25,29). The molecule has 0 unspecified atom stereocenters. The van der Waals surface area contributed by atoms with E-state index >= 15 is 0 Å². The molecule has 6 heteroatoms. The van der Waals surface area contributed by atoms with E-state index < -0.39 is 0 Å². The maximum absolute atomic E-state index is 12.4. The zero-order valence-electron chi connectivity index (χ0n) is 17.6. The van der Waals surface area contributed by atoms with Gasteiger partial charge in [0.05, 0.1) is 13.0 Å². The Bertz CT molecular complexity index is 1020. The molecule has 4 rings (SSSR count). The van der Waals surface area contributed by atoms with Crippen LogP contribution in [0.25, 0.3) is 11.4 Å². The van der Waals surface area contributed by atoms with Gasteiger partial charge in [0.1, 0.15) is 11.6 Å². The van der Waals surface area contributed by atoms with E-state index in [4.69, 9.17) is 4.74 Å². The van der Waals surface area contributed by atoms with Gasteiger partial charge >= 0.3 is 0 Å². The van der Waals surface area contributed by atoms with Crippen molar-refractivity contribution in [1.82, 2.24) is 14.8 Å². The van der Waals surface area contributed by atoms with Crippen LogP contribution >= 0.6 is 0 Å². The Balaban J connectivity index is 1.39. The minimum Gasteiger partial charge on any atom is -0.493 e. The molecule has 0 radical (unpaired) electrons. The summed E-state index contributed by atoms with van der Waals surface area (Å²) < 4.78 is 8.06. The number of aryl methyl sites for hydroxylation is 3. The average Bonchev–Trinajstić information content (AvgIpc) is 2.99. The number of para-hydroxylation sites is 1. The number of benzene rings is 2. The first-order valence-electron chi connectivity index (χ1n) is 10.6. The number of hydrogen-bond donors (Lipinski definition) is 1. The van der Waals surface area contributed by atoms with Gasteiger partial charge < -0.3 is 14.6 Å². The van der Waals surface area contributed by atoms with E-state index in [1.807, 2.05) is 56.3 Å². The van der Waals surface area contributed by atoms with Gasteiger partial charge in [-0.2, -0.15) is 0 Å². The highest BCUT2D eigenvalue weighted by Gasteiger charge is 2.16. The minimum absolute atomic E-state index is 0.0709. The maximum Gasteiger partial charge on any atom is 0.227 e. The lowest BCUT2D eigenvalue weighted by atomic mass is 10.1. The predicted octanol–water partition coefficient (Wildman–Crippen LogP) is 4.70. The van der Waals surface area contributed by atoms with Crippen LogP contribution in [0.15, 0.2) is 42.5 Å². The summed E-state index contributed by atoms with van der Waals surface area (Å²) in [6, 6.07) is 13.8. The van der Waals surface area contributed by atoms with Gasteiger partial charge in [-0.1, -0.05) is 36.8 Å². The number of hydrogen-bond acceptors (Lipinski definition) is 4. The number of ether oxygens (including phenoxy) is 1. The van der Waals surface area contributed by atoms with Gasteiger partial charge in [0.25, 0.3) is 0 Å². The Morgan fingerprint density at radius 2 is 1.87 bits per heavy atom. The summed E-state index contributed by atoms with van der Waals surface area (Å²) in [6.07, 6.45) is 4.80. The molecule has 30 heavy (non-hydrogen) atoms. The summed E-state index contributed by atoms with van der Waals surface area (Å²) >= 11 is 0. The van der Waals surface area contributed by atoms with Gasteiger partial charge in [0, 0.05) is 24.2 Å². The van der Waals surface area contributed by atoms with Crippen LogP contribution in [0.4, 0.5) is 5.69 Å². The number of carbonyl (C=O) groups excluding carboxylic acids is 1. The minimum atomic E-state index is -0.0709. The third-order valence-corrected chi connectivity index (χ3v) is 5.50. The molecule has 1 N–H and O–H groups in total. The first-order valence-corrected chi connectivity index (χ1v) is 10.6. The molecule has 1 aromatic heterocycles. The van der Waals surface area contributed by atoms with Crippen LogP contribution < -0.4 is 10.1 Å². The fourth-order valence-corrected chi connectivity index (χ4v) is 3.93. The number of carbonyl (C=O) groups is 1. The molecule has 1 aliphatic rings. The Labute approximate surface area is 177 Å². The highest BCUT2D eigenvalue weighted by Crippen LogP contribution is 2.25. The summed E-state index contributed by atoms with van der Waals surface area (Å²) in [7, 11) is 0. The van der Waals surface area contributed by atoms with Crippen molar-refractivity contribution in [2.75, 3.05) is 11.9 Å². The molecule has 2 heterocycles. The summed E-state index contributed by atoms with van der Waals surface area (Å²) in [5.41, 5.74) is 3.89. The van der Waals surface area contributed by atoms with Crippen LogP contribution in [0.5, 0.6) is 5.75 Å². The molecule has 3 aromatic rings. The smallest absolute Gasteiger partial charge is 0.227 e. The largest absolute Gasteiger partial charge is 0.493 e. The molecule has 0 saturated carbocycles.